The van der Waals surface area contributed by atoms with Crippen molar-refractivity contribution in [1.82, 2.24) is 14.5 Å². The normalized spacial score (nSPS) is 11.4. The van der Waals surface area contributed by atoms with Gasteiger partial charge in [-0.05, 0) is 82.8 Å². The summed E-state index contributed by atoms with van der Waals surface area (Å²) in [5.74, 6) is 1.44. The highest BCUT2D eigenvalue weighted by atomic mass is 16.5. The lowest BCUT2D eigenvalue weighted by molar-refractivity contribution is 0.262. The van der Waals surface area contributed by atoms with Crippen LogP contribution in [0.4, 0.5) is 16.2 Å². The highest BCUT2D eigenvalue weighted by molar-refractivity contribution is 6.07. The quantitative estimate of drug-likeness (QED) is 0.143. The zero-order valence-electron chi connectivity index (χ0n) is 28.2. The molecule has 0 atom stereocenters. The van der Waals surface area contributed by atoms with Crippen LogP contribution in [0, 0.1) is 5.92 Å². The number of urea groups is 1. The van der Waals surface area contributed by atoms with Gasteiger partial charge in [0.25, 0.3) is 5.56 Å². The summed E-state index contributed by atoms with van der Waals surface area (Å²) in [4.78, 5) is 37.0. The van der Waals surface area contributed by atoms with Gasteiger partial charge in [-0.15, -0.1) is 0 Å². The van der Waals surface area contributed by atoms with Crippen molar-refractivity contribution in [1.29, 1.82) is 0 Å². The number of nitrogens with zero attached hydrogens (tertiary/aromatic N) is 3. The number of hydrogen-bond donors (Lipinski definition) is 2. The summed E-state index contributed by atoms with van der Waals surface area (Å²) >= 11 is 0. The molecule has 0 spiro atoms. The van der Waals surface area contributed by atoms with Crippen LogP contribution in [0.15, 0.2) is 90.1 Å². The highest BCUT2D eigenvalue weighted by Gasteiger charge is 2.23. The Labute approximate surface area is 277 Å². The number of pyridine rings is 3. The first kappa shape index (κ1) is 33.4. The monoisotopic (exact) mass is 631 g/mol. The average Bonchev–Trinajstić information content (AvgIpc) is 3.05. The maximum absolute atomic E-state index is 14.4. The second-order valence-corrected chi connectivity index (χ2v) is 12.9. The molecule has 244 valence electrons. The minimum Gasteiger partial charge on any atom is -0.493 e. The fraction of sp³-hybridized carbons (Fsp3) is 0.333. The van der Waals surface area contributed by atoms with Gasteiger partial charge in [0.1, 0.15) is 17.1 Å². The molecule has 0 fully saturated rings. The van der Waals surface area contributed by atoms with Gasteiger partial charge in [0.2, 0.25) is 0 Å². The van der Waals surface area contributed by atoms with Crippen molar-refractivity contribution < 1.29 is 9.53 Å². The summed E-state index contributed by atoms with van der Waals surface area (Å²) in [5, 5.41) is 6.90. The standard InChI is InChI=1S/C39H45N5O3/c1-25(2)17-22-44-37-33(14-9-19-41-37)34(29-10-7-11-30(24-29)47-23-18-28-15-20-40-21-16-28)36(38(44)45)43-39(46)42-35-31(26(3)4)12-8-13-32(35)27(5)6/h7-16,19-21,24-27H,17-18,22-23H2,1-6H3,(H2,42,43,46). The molecule has 47 heavy (non-hydrogen) atoms. The molecule has 5 aromatic rings. The van der Waals surface area contributed by atoms with Crippen LogP contribution in [0.2, 0.25) is 0 Å². The Morgan fingerprint density at radius 2 is 1.51 bits per heavy atom. The first-order valence-electron chi connectivity index (χ1n) is 16.5. The van der Waals surface area contributed by atoms with Crippen LogP contribution >= 0.6 is 0 Å². The lowest BCUT2D eigenvalue weighted by atomic mass is 9.93. The number of fused-ring (bicyclic) bond motifs is 1. The van der Waals surface area contributed by atoms with E-state index < -0.39 is 6.03 Å². The molecule has 0 aliphatic rings. The zero-order valence-corrected chi connectivity index (χ0v) is 28.2. The maximum Gasteiger partial charge on any atom is 0.323 e. The zero-order chi connectivity index (χ0) is 33.5. The predicted molar refractivity (Wildman–Crippen MR) is 192 cm³/mol. The van der Waals surface area contributed by atoms with E-state index in [1.807, 2.05) is 66.7 Å². The number of anilines is 2. The minimum atomic E-state index is -0.471. The molecule has 2 N–H and O–H groups in total. The number of carbonyl (C=O) groups is 1. The molecular formula is C39H45N5O3. The third kappa shape index (κ3) is 7.88. The molecule has 0 saturated heterocycles. The second-order valence-electron chi connectivity index (χ2n) is 12.9. The summed E-state index contributed by atoms with van der Waals surface area (Å²) in [6.45, 7) is 13.6. The molecule has 0 aliphatic heterocycles. The van der Waals surface area contributed by atoms with Gasteiger partial charge in [-0.25, -0.2) is 9.78 Å². The van der Waals surface area contributed by atoms with E-state index in [2.05, 4.69) is 62.1 Å². The maximum atomic E-state index is 14.4. The lowest BCUT2D eigenvalue weighted by Crippen LogP contribution is -2.30. The van der Waals surface area contributed by atoms with E-state index in [1.165, 1.54) is 0 Å². The number of para-hydroxylation sites is 1. The van der Waals surface area contributed by atoms with E-state index >= 15 is 0 Å². The number of nitrogens with one attached hydrogen (secondary N) is 2. The predicted octanol–water partition coefficient (Wildman–Crippen LogP) is 9.02. The van der Waals surface area contributed by atoms with Crippen LogP contribution in [0.5, 0.6) is 5.75 Å². The molecule has 0 radical (unpaired) electrons. The van der Waals surface area contributed by atoms with E-state index in [4.69, 9.17) is 4.74 Å². The van der Waals surface area contributed by atoms with Crippen molar-refractivity contribution >= 4 is 28.4 Å². The van der Waals surface area contributed by atoms with Crippen LogP contribution in [0.3, 0.4) is 0 Å². The van der Waals surface area contributed by atoms with Crippen molar-refractivity contribution in [3.8, 4) is 16.9 Å². The number of ether oxygens (including phenoxy) is 1. The van der Waals surface area contributed by atoms with Crippen molar-refractivity contribution in [2.24, 2.45) is 5.92 Å². The van der Waals surface area contributed by atoms with E-state index in [0.29, 0.717) is 36.0 Å². The molecule has 0 unspecified atom stereocenters. The van der Waals surface area contributed by atoms with E-state index in [0.717, 1.165) is 46.2 Å². The Kier molecular flexibility index (Phi) is 10.7. The molecule has 0 saturated carbocycles. The summed E-state index contributed by atoms with van der Waals surface area (Å²) in [6.07, 6.45) is 6.76. The summed E-state index contributed by atoms with van der Waals surface area (Å²) in [7, 11) is 0. The third-order valence-electron chi connectivity index (χ3n) is 8.33. The van der Waals surface area contributed by atoms with Gasteiger partial charge < -0.3 is 15.4 Å². The molecular weight excluding hydrogens is 586 g/mol. The highest BCUT2D eigenvalue weighted by Crippen LogP contribution is 2.36. The number of benzene rings is 2. The Morgan fingerprint density at radius 3 is 2.19 bits per heavy atom. The van der Waals surface area contributed by atoms with Crippen molar-refractivity contribution in [2.45, 2.75) is 72.8 Å². The largest absolute Gasteiger partial charge is 0.493 e. The fourth-order valence-corrected chi connectivity index (χ4v) is 5.82. The lowest BCUT2D eigenvalue weighted by Gasteiger charge is -2.22. The van der Waals surface area contributed by atoms with E-state index in [9.17, 15) is 9.59 Å². The number of amides is 2. The Morgan fingerprint density at radius 1 is 0.830 bits per heavy atom. The first-order valence-corrected chi connectivity index (χ1v) is 16.5. The molecule has 8 heteroatoms. The van der Waals surface area contributed by atoms with Gasteiger partial charge in [-0.3, -0.25) is 14.3 Å². The van der Waals surface area contributed by atoms with Crippen molar-refractivity contribution in [3.63, 3.8) is 0 Å². The van der Waals surface area contributed by atoms with Crippen LogP contribution in [0.1, 0.15) is 76.5 Å². The van der Waals surface area contributed by atoms with Crippen LogP contribution in [-0.2, 0) is 13.0 Å². The van der Waals surface area contributed by atoms with Crippen molar-refractivity contribution in [3.05, 3.63) is 112 Å². The summed E-state index contributed by atoms with van der Waals surface area (Å²) in [5.41, 5.74) is 5.84. The molecule has 2 amide bonds. The molecule has 3 aromatic heterocycles. The second kappa shape index (κ2) is 15.1. The average molecular weight is 632 g/mol. The van der Waals surface area contributed by atoms with Gasteiger partial charge in [0.05, 0.1) is 6.61 Å². The summed E-state index contributed by atoms with van der Waals surface area (Å²) < 4.78 is 7.84. The topological polar surface area (TPSA) is 98.1 Å². The first-order chi connectivity index (χ1) is 22.6. The molecule has 0 aliphatic carbocycles. The number of aryl methyl sites for hydroxylation is 1. The fourth-order valence-electron chi connectivity index (χ4n) is 5.82. The van der Waals surface area contributed by atoms with Gasteiger partial charge in [0.15, 0.2) is 0 Å². The van der Waals surface area contributed by atoms with E-state index in [1.54, 1.807) is 23.2 Å². The Balaban J connectivity index is 1.58. The molecule has 0 bridgehead atoms. The minimum absolute atomic E-state index is 0.195. The van der Waals surface area contributed by atoms with Gasteiger partial charge in [-0.2, -0.15) is 0 Å². The summed E-state index contributed by atoms with van der Waals surface area (Å²) in [6, 6.07) is 21.0. The molecule has 3 heterocycles. The van der Waals surface area contributed by atoms with Gasteiger partial charge in [-0.1, -0.05) is 71.9 Å². The van der Waals surface area contributed by atoms with Gasteiger partial charge in [0, 0.05) is 48.2 Å². The number of hydrogen-bond acceptors (Lipinski definition) is 5. The molecule has 5 rings (SSSR count). The smallest absolute Gasteiger partial charge is 0.323 e. The van der Waals surface area contributed by atoms with Crippen LogP contribution in [-0.4, -0.2) is 27.2 Å². The van der Waals surface area contributed by atoms with Crippen molar-refractivity contribution in [2.75, 3.05) is 17.2 Å². The Hall–Kier alpha value is -4.98. The van der Waals surface area contributed by atoms with Gasteiger partial charge >= 0.3 is 6.03 Å². The number of aromatic nitrogens is 3. The third-order valence-corrected chi connectivity index (χ3v) is 8.33. The molecule has 8 nitrogen and oxygen atoms in total. The van der Waals surface area contributed by atoms with Crippen LogP contribution in [0.25, 0.3) is 22.2 Å². The number of rotatable bonds is 12. The van der Waals surface area contributed by atoms with Crippen LogP contribution < -0.4 is 20.9 Å². The molecule has 2 aromatic carbocycles. The number of carbonyl (C=O) groups excluding carboxylic acids is 1. The van der Waals surface area contributed by atoms with E-state index in [-0.39, 0.29) is 23.1 Å². The SMILES string of the molecule is CC(C)CCn1c(=O)c(NC(=O)Nc2c(C(C)C)cccc2C(C)C)c(-c2cccc(OCCc3ccncc3)c2)c2cccnc21. The Bertz CT molecular complexity index is 1870.